The maximum absolute atomic E-state index is 14.3. The highest BCUT2D eigenvalue weighted by Crippen LogP contribution is 2.25. The zero-order valence-corrected chi connectivity index (χ0v) is 15.9. The molecule has 0 radical (unpaired) electrons. The number of ether oxygens (including phenoxy) is 1. The van der Waals surface area contributed by atoms with E-state index in [1.807, 2.05) is 17.5 Å². The van der Waals surface area contributed by atoms with Crippen LogP contribution in [0.1, 0.15) is 10.4 Å². The molecule has 0 saturated carbocycles. The van der Waals surface area contributed by atoms with Crippen LogP contribution in [0.5, 0.6) is 11.5 Å². The Balaban J connectivity index is 1.67. The van der Waals surface area contributed by atoms with Crippen molar-refractivity contribution in [2.45, 2.75) is 6.54 Å². The lowest BCUT2D eigenvalue weighted by Gasteiger charge is -2.18. The molecule has 4 nitrogen and oxygen atoms in total. The summed E-state index contributed by atoms with van der Waals surface area (Å²) >= 11 is 1.59. The minimum absolute atomic E-state index is 0.0995. The highest BCUT2D eigenvalue weighted by molar-refractivity contribution is 7.09. The highest BCUT2D eigenvalue weighted by atomic mass is 32.1. The van der Waals surface area contributed by atoms with Crippen LogP contribution in [0.15, 0.2) is 79.0 Å². The van der Waals surface area contributed by atoms with Gasteiger partial charge in [-0.25, -0.2) is 4.39 Å². The van der Waals surface area contributed by atoms with Crippen LogP contribution in [-0.2, 0) is 11.3 Å². The van der Waals surface area contributed by atoms with Crippen molar-refractivity contribution in [1.29, 1.82) is 0 Å². The van der Waals surface area contributed by atoms with Gasteiger partial charge in [-0.15, -0.1) is 17.9 Å². The zero-order chi connectivity index (χ0) is 19.8. The van der Waals surface area contributed by atoms with Crippen LogP contribution in [0.4, 0.5) is 4.39 Å². The van der Waals surface area contributed by atoms with Gasteiger partial charge in [0.1, 0.15) is 5.75 Å². The molecule has 0 fully saturated rings. The van der Waals surface area contributed by atoms with E-state index in [9.17, 15) is 9.18 Å². The Morgan fingerprint density at radius 2 is 2.18 bits per heavy atom. The molecule has 3 aromatic rings. The number of rotatable bonds is 8. The summed E-state index contributed by atoms with van der Waals surface area (Å²) < 4.78 is 19.8. The topological polar surface area (TPSA) is 42.4 Å². The van der Waals surface area contributed by atoms with Gasteiger partial charge in [0, 0.05) is 23.7 Å². The number of amides is 1. The lowest BCUT2D eigenvalue weighted by atomic mass is 10.2. The van der Waals surface area contributed by atoms with Gasteiger partial charge < -0.3 is 9.64 Å². The third-order valence-corrected chi connectivity index (χ3v) is 4.69. The Labute approximate surface area is 167 Å². The quantitative estimate of drug-likeness (QED) is 0.384. The second-order valence-corrected chi connectivity index (χ2v) is 6.93. The fourth-order valence-corrected chi connectivity index (χ4v) is 3.21. The van der Waals surface area contributed by atoms with Crippen LogP contribution in [0, 0.1) is 5.82 Å². The first kappa shape index (κ1) is 19.5. The standard InChI is InChI=1S/C22H19FN2O2S/c1-2-12-25(16-19-6-4-13-28-19)22(26)10-8-17-7-9-21(20(23)14-17)27-18-5-3-11-24-15-18/h2-11,13-15H,1,12,16H2/b10-8+. The summed E-state index contributed by atoms with van der Waals surface area (Å²) in [6, 6.07) is 11.9. The Morgan fingerprint density at radius 3 is 2.86 bits per heavy atom. The third kappa shape index (κ3) is 5.37. The van der Waals surface area contributed by atoms with Crippen molar-refractivity contribution in [1.82, 2.24) is 9.88 Å². The second kappa shape index (κ2) is 9.62. The molecule has 3 rings (SSSR count). The van der Waals surface area contributed by atoms with Crippen molar-refractivity contribution in [3.63, 3.8) is 0 Å². The van der Waals surface area contributed by atoms with Gasteiger partial charge in [0.05, 0.1) is 12.7 Å². The Morgan fingerprint density at radius 1 is 1.29 bits per heavy atom. The first-order valence-electron chi connectivity index (χ1n) is 8.63. The van der Waals surface area contributed by atoms with Gasteiger partial charge >= 0.3 is 0 Å². The van der Waals surface area contributed by atoms with Crippen molar-refractivity contribution < 1.29 is 13.9 Å². The summed E-state index contributed by atoms with van der Waals surface area (Å²) in [5.41, 5.74) is 0.569. The molecule has 0 aliphatic rings. The lowest BCUT2D eigenvalue weighted by molar-refractivity contribution is -0.126. The van der Waals surface area contributed by atoms with Crippen molar-refractivity contribution in [3.8, 4) is 11.5 Å². The molecule has 2 aromatic heterocycles. The molecule has 0 saturated heterocycles. The van der Waals surface area contributed by atoms with Crippen LogP contribution in [0.2, 0.25) is 0 Å². The normalized spacial score (nSPS) is 10.8. The van der Waals surface area contributed by atoms with E-state index in [4.69, 9.17) is 4.74 Å². The minimum Gasteiger partial charge on any atom is -0.453 e. The number of hydrogen-bond donors (Lipinski definition) is 0. The zero-order valence-electron chi connectivity index (χ0n) is 15.1. The monoisotopic (exact) mass is 394 g/mol. The molecule has 142 valence electrons. The molecule has 0 bridgehead atoms. The molecular weight excluding hydrogens is 375 g/mol. The number of thiophene rings is 1. The number of benzene rings is 1. The maximum Gasteiger partial charge on any atom is 0.247 e. The van der Waals surface area contributed by atoms with Crippen molar-refractivity contribution >= 4 is 23.3 Å². The number of carbonyl (C=O) groups excluding carboxylic acids is 1. The average Bonchev–Trinajstić information content (AvgIpc) is 3.22. The number of nitrogens with zero attached hydrogens (tertiary/aromatic N) is 2. The van der Waals surface area contributed by atoms with Crippen LogP contribution in [0.3, 0.4) is 0 Å². The second-order valence-electron chi connectivity index (χ2n) is 5.90. The number of pyridine rings is 1. The molecule has 0 atom stereocenters. The summed E-state index contributed by atoms with van der Waals surface area (Å²) in [5, 5.41) is 1.97. The largest absolute Gasteiger partial charge is 0.453 e. The number of carbonyl (C=O) groups is 1. The predicted molar refractivity (Wildman–Crippen MR) is 110 cm³/mol. The molecule has 6 heteroatoms. The summed E-state index contributed by atoms with van der Waals surface area (Å²) in [5.74, 6) is -0.125. The summed E-state index contributed by atoms with van der Waals surface area (Å²) in [7, 11) is 0. The molecule has 0 N–H and O–H groups in total. The first-order chi connectivity index (χ1) is 13.7. The van der Waals surface area contributed by atoms with E-state index in [-0.39, 0.29) is 11.7 Å². The van der Waals surface area contributed by atoms with E-state index < -0.39 is 5.82 Å². The molecule has 0 spiro atoms. The minimum atomic E-state index is -0.514. The fraction of sp³-hybridized carbons (Fsp3) is 0.0909. The van der Waals surface area contributed by atoms with Crippen LogP contribution < -0.4 is 4.74 Å². The Hall–Kier alpha value is -3.25. The molecule has 0 aliphatic heterocycles. The lowest BCUT2D eigenvalue weighted by Crippen LogP contribution is -2.28. The Kier molecular flexibility index (Phi) is 6.70. The molecule has 1 amide bonds. The van der Waals surface area contributed by atoms with Gasteiger partial charge in [-0.2, -0.15) is 0 Å². The van der Waals surface area contributed by atoms with Crippen LogP contribution in [-0.4, -0.2) is 22.3 Å². The van der Waals surface area contributed by atoms with E-state index in [1.54, 1.807) is 52.8 Å². The number of aromatic nitrogens is 1. The van der Waals surface area contributed by atoms with Crippen molar-refractivity contribution in [2.75, 3.05) is 6.54 Å². The van der Waals surface area contributed by atoms with Crippen LogP contribution in [0.25, 0.3) is 6.08 Å². The van der Waals surface area contributed by atoms with Gasteiger partial charge in [-0.05, 0) is 47.4 Å². The molecule has 1 aromatic carbocycles. The SMILES string of the molecule is C=CCN(Cc1cccs1)C(=O)/C=C/c1ccc(Oc2cccnc2)c(F)c1. The van der Waals surface area contributed by atoms with Crippen molar-refractivity contribution in [2.24, 2.45) is 0 Å². The average molecular weight is 394 g/mol. The van der Waals surface area contributed by atoms with Gasteiger partial charge in [0.2, 0.25) is 5.91 Å². The van der Waals surface area contributed by atoms with E-state index >= 15 is 0 Å². The molecule has 2 heterocycles. The maximum atomic E-state index is 14.3. The van der Waals surface area contributed by atoms with Gasteiger partial charge in [0.15, 0.2) is 11.6 Å². The van der Waals surface area contributed by atoms with E-state index in [0.29, 0.717) is 24.4 Å². The summed E-state index contributed by atoms with van der Waals surface area (Å²) in [6.45, 7) is 4.65. The molecule has 0 unspecified atom stereocenters. The molecule has 28 heavy (non-hydrogen) atoms. The van der Waals surface area contributed by atoms with E-state index in [2.05, 4.69) is 11.6 Å². The molecule has 0 aliphatic carbocycles. The predicted octanol–water partition coefficient (Wildman–Crippen LogP) is 5.30. The smallest absolute Gasteiger partial charge is 0.247 e. The first-order valence-corrected chi connectivity index (χ1v) is 9.51. The van der Waals surface area contributed by atoms with E-state index in [1.165, 1.54) is 24.4 Å². The Bertz CT molecular complexity index is 956. The highest BCUT2D eigenvalue weighted by Gasteiger charge is 2.11. The fourth-order valence-electron chi connectivity index (χ4n) is 2.49. The summed E-state index contributed by atoms with van der Waals surface area (Å²) in [4.78, 5) is 19.2. The van der Waals surface area contributed by atoms with Crippen LogP contribution >= 0.6 is 11.3 Å². The van der Waals surface area contributed by atoms with Gasteiger partial charge in [-0.3, -0.25) is 9.78 Å². The number of halogens is 1. The van der Waals surface area contributed by atoms with Gasteiger partial charge in [0.25, 0.3) is 0 Å². The summed E-state index contributed by atoms with van der Waals surface area (Å²) in [6.07, 6.45) is 7.83. The third-order valence-electron chi connectivity index (χ3n) is 3.82. The van der Waals surface area contributed by atoms with Crippen molar-refractivity contribution in [3.05, 3.63) is 95.2 Å². The van der Waals surface area contributed by atoms with E-state index in [0.717, 1.165) is 4.88 Å². The number of hydrogen-bond acceptors (Lipinski definition) is 4. The van der Waals surface area contributed by atoms with Gasteiger partial charge in [-0.1, -0.05) is 18.2 Å². The molecular formula is C22H19FN2O2S.